The van der Waals surface area contributed by atoms with Crippen molar-refractivity contribution in [2.45, 2.75) is 45.7 Å². The minimum atomic E-state index is 0.0918. The fourth-order valence-electron chi connectivity index (χ4n) is 2.80. The van der Waals surface area contributed by atoms with Gasteiger partial charge in [0, 0.05) is 23.1 Å². The second-order valence-electron chi connectivity index (χ2n) is 5.67. The van der Waals surface area contributed by atoms with Gasteiger partial charge in [-0.25, -0.2) is 0 Å². The molecule has 1 aliphatic rings. The third kappa shape index (κ3) is 2.89. The maximum atomic E-state index is 5.92. The van der Waals surface area contributed by atoms with Gasteiger partial charge in [0.2, 0.25) is 0 Å². The number of nitrogens with two attached hydrogens (primary N) is 1. The molecular weight excluding hydrogens is 288 g/mol. The van der Waals surface area contributed by atoms with Gasteiger partial charge in [0.15, 0.2) is 0 Å². The van der Waals surface area contributed by atoms with E-state index in [4.69, 9.17) is 5.73 Å². The molecule has 0 aliphatic carbocycles. The molecule has 1 fully saturated rings. The van der Waals surface area contributed by atoms with Crippen molar-refractivity contribution >= 4 is 21.6 Å². The molecule has 3 atom stereocenters. The van der Waals surface area contributed by atoms with E-state index in [1.807, 2.05) is 6.92 Å². The summed E-state index contributed by atoms with van der Waals surface area (Å²) >= 11 is 3.70. The molecule has 3 heteroatoms. The molecule has 0 spiro atoms. The van der Waals surface area contributed by atoms with Crippen molar-refractivity contribution in [2.24, 2.45) is 11.7 Å². The molecule has 2 N–H and O–H groups in total. The van der Waals surface area contributed by atoms with Gasteiger partial charge in [-0.15, -0.1) is 0 Å². The van der Waals surface area contributed by atoms with E-state index in [9.17, 15) is 0 Å². The molecule has 0 radical (unpaired) electrons. The van der Waals surface area contributed by atoms with Crippen molar-refractivity contribution < 1.29 is 0 Å². The standard InChI is InChI=1S/C15H23BrN2/c1-10-6-7-18(11(2)8-10)15-5-4-13(12(3)17)9-14(15)16/h4-5,9-12H,6-8,17H2,1-3H3/t10?,11?,12-/m1/s1. The molecule has 1 heterocycles. The van der Waals surface area contributed by atoms with Crippen molar-refractivity contribution in [3.05, 3.63) is 28.2 Å². The van der Waals surface area contributed by atoms with Crippen LogP contribution in [0.4, 0.5) is 5.69 Å². The fraction of sp³-hybridized carbons (Fsp3) is 0.600. The number of rotatable bonds is 2. The van der Waals surface area contributed by atoms with Gasteiger partial charge in [0.1, 0.15) is 0 Å². The van der Waals surface area contributed by atoms with Gasteiger partial charge in [-0.2, -0.15) is 0 Å². The summed E-state index contributed by atoms with van der Waals surface area (Å²) < 4.78 is 1.17. The zero-order chi connectivity index (χ0) is 13.3. The van der Waals surface area contributed by atoms with Crippen LogP contribution in [-0.2, 0) is 0 Å². The third-order valence-corrected chi connectivity index (χ3v) is 4.58. The van der Waals surface area contributed by atoms with Gasteiger partial charge in [-0.3, -0.25) is 0 Å². The highest BCUT2D eigenvalue weighted by Crippen LogP contribution is 2.34. The maximum Gasteiger partial charge on any atom is 0.0513 e. The lowest BCUT2D eigenvalue weighted by Crippen LogP contribution is -2.40. The van der Waals surface area contributed by atoms with E-state index >= 15 is 0 Å². The molecule has 2 rings (SSSR count). The predicted octanol–water partition coefficient (Wildman–Crippen LogP) is 4.09. The molecule has 0 amide bonds. The van der Waals surface area contributed by atoms with E-state index in [0.29, 0.717) is 6.04 Å². The number of hydrogen-bond acceptors (Lipinski definition) is 2. The van der Waals surface area contributed by atoms with Crippen LogP contribution in [0.3, 0.4) is 0 Å². The Kier molecular flexibility index (Phi) is 4.33. The Morgan fingerprint density at radius 2 is 2.11 bits per heavy atom. The summed E-state index contributed by atoms with van der Waals surface area (Å²) in [5, 5.41) is 0. The van der Waals surface area contributed by atoms with Crippen molar-refractivity contribution in [3.63, 3.8) is 0 Å². The highest BCUT2D eigenvalue weighted by molar-refractivity contribution is 9.10. The summed E-state index contributed by atoms with van der Waals surface area (Å²) in [6.07, 6.45) is 2.56. The number of piperidine rings is 1. The van der Waals surface area contributed by atoms with Crippen LogP contribution in [0, 0.1) is 5.92 Å². The molecule has 2 unspecified atom stereocenters. The smallest absolute Gasteiger partial charge is 0.0513 e. The van der Waals surface area contributed by atoms with Crippen LogP contribution in [0.2, 0.25) is 0 Å². The molecule has 100 valence electrons. The number of anilines is 1. The monoisotopic (exact) mass is 310 g/mol. The highest BCUT2D eigenvalue weighted by Gasteiger charge is 2.24. The van der Waals surface area contributed by atoms with Crippen LogP contribution >= 0.6 is 15.9 Å². The first-order chi connectivity index (χ1) is 8.49. The zero-order valence-electron chi connectivity index (χ0n) is 11.5. The molecule has 0 saturated carbocycles. The summed E-state index contributed by atoms with van der Waals surface area (Å²) in [4.78, 5) is 2.51. The quantitative estimate of drug-likeness (QED) is 0.891. The average molecular weight is 311 g/mol. The highest BCUT2D eigenvalue weighted by atomic mass is 79.9. The van der Waals surface area contributed by atoms with E-state index in [0.717, 1.165) is 12.5 Å². The van der Waals surface area contributed by atoms with Crippen molar-refractivity contribution in [3.8, 4) is 0 Å². The SMILES string of the molecule is CC1CCN(c2ccc([C@@H](C)N)cc2Br)C(C)C1. The number of halogens is 1. The Morgan fingerprint density at radius 1 is 1.39 bits per heavy atom. The Labute approximate surface area is 119 Å². The summed E-state index contributed by atoms with van der Waals surface area (Å²) in [5.74, 6) is 0.846. The van der Waals surface area contributed by atoms with Gasteiger partial charge >= 0.3 is 0 Å². The molecule has 1 aromatic rings. The number of benzene rings is 1. The average Bonchev–Trinajstić information content (AvgIpc) is 2.30. The second kappa shape index (κ2) is 5.62. The first-order valence-electron chi connectivity index (χ1n) is 6.80. The predicted molar refractivity (Wildman–Crippen MR) is 82.0 cm³/mol. The summed E-state index contributed by atoms with van der Waals surface area (Å²) in [7, 11) is 0. The normalized spacial score (nSPS) is 26.2. The topological polar surface area (TPSA) is 29.3 Å². The second-order valence-corrected chi connectivity index (χ2v) is 6.53. The zero-order valence-corrected chi connectivity index (χ0v) is 13.1. The molecule has 1 saturated heterocycles. The Morgan fingerprint density at radius 3 is 2.67 bits per heavy atom. The Hall–Kier alpha value is -0.540. The molecule has 0 bridgehead atoms. The minimum absolute atomic E-state index is 0.0918. The molecular formula is C15H23BrN2. The summed E-state index contributed by atoms with van der Waals surface area (Å²) in [5.41, 5.74) is 8.41. The molecule has 2 nitrogen and oxygen atoms in total. The van der Waals surface area contributed by atoms with Crippen molar-refractivity contribution in [1.29, 1.82) is 0 Å². The van der Waals surface area contributed by atoms with Crippen LogP contribution in [0.15, 0.2) is 22.7 Å². The lowest BCUT2D eigenvalue weighted by Gasteiger charge is -2.39. The molecule has 1 aromatic carbocycles. The lowest BCUT2D eigenvalue weighted by atomic mass is 9.93. The van der Waals surface area contributed by atoms with Crippen LogP contribution in [-0.4, -0.2) is 12.6 Å². The molecule has 18 heavy (non-hydrogen) atoms. The van der Waals surface area contributed by atoms with E-state index < -0.39 is 0 Å². The van der Waals surface area contributed by atoms with Gasteiger partial charge in [-0.1, -0.05) is 13.0 Å². The van der Waals surface area contributed by atoms with Gasteiger partial charge in [-0.05, 0) is 66.2 Å². The third-order valence-electron chi connectivity index (χ3n) is 3.95. The van der Waals surface area contributed by atoms with E-state index in [-0.39, 0.29) is 6.04 Å². The minimum Gasteiger partial charge on any atom is -0.368 e. The summed E-state index contributed by atoms with van der Waals surface area (Å²) in [6.45, 7) is 7.84. The van der Waals surface area contributed by atoms with Crippen LogP contribution in [0.25, 0.3) is 0 Å². The Bertz CT molecular complexity index is 417. The van der Waals surface area contributed by atoms with Crippen molar-refractivity contribution in [2.75, 3.05) is 11.4 Å². The van der Waals surface area contributed by atoms with Crippen LogP contribution < -0.4 is 10.6 Å². The maximum absolute atomic E-state index is 5.92. The van der Waals surface area contributed by atoms with Crippen molar-refractivity contribution in [1.82, 2.24) is 0 Å². The van der Waals surface area contributed by atoms with Crippen LogP contribution in [0.5, 0.6) is 0 Å². The molecule has 1 aliphatic heterocycles. The number of nitrogens with zero attached hydrogens (tertiary/aromatic N) is 1. The largest absolute Gasteiger partial charge is 0.368 e. The van der Waals surface area contributed by atoms with E-state index in [1.165, 1.54) is 28.6 Å². The van der Waals surface area contributed by atoms with E-state index in [2.05, 4.69) is 52.9 Å². The first kappa shape index (κ1) is 13.9. The van der Waals surface area contributed by atoms with Gasteiger partial charge in [0.25, 0.3) is 0 Å². The fourth-order valence-corrected chi connectivity index (χ4v) is 3.43. The lowest BCUT2D eigenvalue weighted by molar-refractivity contribution is 0.377. The first-order valence-corrected chi connectivity index (χ1v) is 7.60. The van der Waals surface area contributed by atoms with E-state index in [1.54, 1.807) is 0 Å². The summed E-state index contributed by atoms with van der Waals surface area (Å²) in [6, 6.07) is 7.22. The van der Waals surface area contributed by atoms with Gasteiger partial charge < -0.3 is 10.6 Å². The molecule has 0 aromatic heterocycles. The van der Waals surface area contributed by atoms with Gasteiger partial charge in [0.05, 0.1) is 5.69 Å². The van der Waals surface area contributed by atoms with Crippen LogP contribution in [0.1, 0.15) is 45.2 Å². The Balaban J connectivity index is 2.23. The number of hydrogen-bond donors (Lipinski definition) is 1.